The van der Waals surface area contributed by atoms with Crippen molar-refractivity contribution in [2.45, 2.75) is 24.3 Å². The fraction of sp³-hybridized carbons (Fsp3) is 0.538. The lowest BCUT2D eigenvalue weighted by Crippen LogP contribution is -2.26. The van der Waals surface area contributed by atoms with E-state index in [4.69, 9.17) is 4.74 Å². The molecule has 0 fully saturated rings. The van der Waals surface area contributed by atoms with E-state index in [-0.39, 0.29) is 0 Å². The molecule has 0 unspecified atom stereocenters. The number of benzene rings is 1. The van der Waals surface area contributed by atoms with E-state index < -0.39 is 10.0 Å². The molecule has 0 aliphatic heterocycles. The topological polar surface area (TPSA) is 67.4 Å². The SMILES string of the molecule is CNCc1ccccc1S(=O)(=O)NCCCCOC. The minimum absolute atomic E-state index is 0.344. The van der Waals surface area contributed by atoms with E-state index in [0.29, 0.717) is 24.6 Å². The molecule has 0 spiro atoms. The monoisotopic (exact) mass is 286 g/mol. The summed E-state index contributed by atoms with van der Waals surface area (Å²) in [5.74, 6) is 0. The van der Waals surface area contributed by atoms with Gasteiger partial charge in [-0.1, -0.05) is 18.2 Å². The van der Waals surface area contributed by atoms with E-state index in [1.165, 1.54) is 0 Å². The molecule has 0 amide bonds. The molecule has 0 aromatic heterocycles. The first-order chi connectivity index (χ1) is 9.11. The predicted molar refractivity (Wildman–Crippen MR) is 75.5 cm³/mol. The van der Waals surface area contributed by atoms with E-state index in [1.807, 2.05) is 12.1 Å². The van der Waals surface area contributed by atoms with Crippen LogP contribution in [0.25, 0.3) is 0 Å². The second kappa shape index (κ2) is 8.27. The number of nitrogens with one attached hydrogen (secondary N) is 2. The second-order valence-corrected chi connectivity index (χ2v) is 5.97. The Bertz CT molecular complexity index is 475. The van der Waals surface area contributed by atoms with Gasteiger partial charge in [-0.15, -0.1) is 0 Å². The van der Waals surface area contributed by atoms with Crippen molar-refractivity contribution in [3.63, 3.8) is 0 Å². The Morgan fingerprint density at radius 1 is 1.21 bits per heavy atom. The average Bonchev–Trinajstić information content (AvgIpc) is 2.39. The van der Waals surface area contributed by atoms with Crippen LogP contribution < -0.4 is 10.0 Å². The van der Waals surface area contributed by atoms with Crippen LogP contribution in [-0.4, -0.2) is 35.7 Å². The molecule has 0 radical (unpaired) electrons. The number of rotatable bonds is 9. The van der Waals surface area contributed by atoms with Crippen LogP contribution >= 0.6 is 0 Å². The van der Waals surface area contributed by atoms with Gasteiger partial charge in [-0.2, -0.15) is 0 Å². The molecule has 0 saturated heterocycles. The van der Waals surface area contributed by atoms with Crippen molar-refractivity contribution in [2.24, 2.45) is 0 Å². The molecule has 0 aliphatic carbocycles. The van der Waals surface area contributed by atoms with Gasteiger partial charge in [0.25, 0.3) is 0 Å². The Morgan fingerprint density at radius 3 is 2.63 bits per heavy atom. The summed E-state index contributed by atoms with van der Waals surface area (Å²) in [5, 5.41) is 2.97. The molecule has 19 heavy (non-hydrogen) atoms. The smallest absolute Gasteiger partial charge is 0.240 e. The van der Waals surface area contributed by atoms with Gasteiger partial charge >= 0.3 is 0 Å². The molecule has 1 aromatic carbocycles. The maximum Gasteiger partial charge on any atom is 0.240 e. The van der Waals surface area contributed by atoms with Gasteiger partial charge < -0.3 is 10.1 Å². The summed E-state index contributed by atoms with van der Waals surface area (Å²) in [7, 11) is -0.000830. The highest BCUT2D eigenvalue weighted by atomic mass is 32.2. The number of hydrogen-bond donors (Lipinski definition) is 2. The van der Waals surface area contributed by atoms with Gasteiger partial charge in [0.15, 0.2) is 0 Å². The molecular formula is C13H22N2O3S. The van der Waals surface area contributed by atoms with E-state index in [0.717, 1.165) is 18.4 Å². The molecule has 5 nitrogen and oxygen atoms in total. The van der Waals surface area contributed by atoms with Crippen LogP contribution in [0, 0.1) is 0 Å². The fourth-order valence-electron chi connectivity index (χ4n) is 1.76. The standard InChI is InChI=1S/C13H22N2O3S/c1-14-11-12-7-3-4-8-13(12)19(16,17)15-9-5-6-10-18-2/h3-4,7-8,14-15H,5-6,9-11H2,1-2H3. The third kappa shape index (κ3) is 5.28. The van der Waals surface area contributed by atoms with Crippen molar-refractivity contribution < 1.29 is 13.2 Å². The van der Waals surface area contributed by atoms with Gasteiger partial charge in [0.05, 0.1) is 4.90 Å². The molecule has 0 heterocycles. The van der Waals surface area contributed by atoms with Gasteiger partial charge in [0, 0.05) is 26.8 Å². The fourth-order valence-corrected chi connectivity index (χ4v) is 3.07. The number of unbranched alkanes of at least 4 members (excludes halogenated alkanes) is 1. The lowest BCUT2D eigenvalue weighted by molar-refractivity contribution is 0.193. The highest BCUT2D eigenvalue weighted by molar-refractivity contribution is 7.89. The van der Waals surface area contributed by atoms with E-state index in [1.54, 1.807) is 26.3 Å². The number of hydrogen-bond acceptors (Lipinski definition) is 4. The normalized spacial score (nSPS) is 11.7. The summed E-state index contributed by atoms with van der Waals surface area (Å²) in [6.45, 7) is 1.61. The first-order valence-corrected chi connectivity index (χ1v) is 7.81. The molecule has 0 atom stereocenters. The van der Waals surface area contributed by atoms with Crippen LogP contribution in [0.5, 0.6) is 0 Å². The third-order valence-electron chi connectivity index (χ3n) is 2.70. The summed E-state index contributed by atoms with van der Waals surface area (Å²) in [6, 6.07) is 7.02. The molecule has 0 saturated carbocycles. The van der Waals surface area contributed by atoms with Crippen LogP contribution in [0.1, 0.15) is 18.4 Å². The Kier molecular flexibility index (Phi) is 7.01. The number of sulfonamides is 1. The zero-order chi connectivity index (χ0) is 14.1. The van der Waals surface area contributed by atoms with Crippen molar-refractivity contribution in [3.05, 3.63) is 29.8 Å². The lowest BCUT2D eigenvalue weighted by atomic mass is 10.2. The first kappa shape index (κ1) is 16.1. The molecule has 1 aromatic rings. The summed E-state index contributed by atoms with van der Waals surface area (Å²) in [4.78, 5) is 0.344. The Balaban J connectivity index is 2.66. The highest BCUT2D eigenvalue weighted by Crippen LogP contribution is 2.14. The lowest BCUT2D eigenvalue weighted by Gasteiger charge is -2.11. The molecular weight excluding hydrogens is 264 g/mol. The number of methoxy groups -OCH3 is 1. The van der Waals surface area contributed by atoms with Gasteiger partial charge in [-0.3, -0.25) is 0 Å². The second-order valence-electron chi connectivity index (χ2n) is 4.24. The van der Waals surface area contributed by atoms with Crippen LogP contribution in [0.15, 0.2) is 29.2 Å². The Labute approximate surface area is 115 Å². The van der Waals surface area contributed by atoms with Crippen LogP contribution in [-0.2, 0) is 21.3 Å². The molecule has 0 aliphatic rings. The van der Waals surface area contributed by atoms with Crippen molar-refractivity contribution in [2.75, 3.05) is 27.3 Å². The quantitative estimate of drug-likeness (QED) is 0.667. The maximum atomic E-state index is 12.2. The predicted octanol–water partition coefficient (Wildman–Crippen LogP) is 1.11. The number of ether oxygens (including phenoxy) is 1. The van der Waals surface area contributed by atoms with E-state index in [9.17, 15) is 8.42 Å². The van der Waals surface area contributed by atoms with Gasteiger partial charge in [-0.25, -0.2) is 13.1 Å². The summed E-state index contributed by atoms with van der Waals surface area (Å²) < 4.78 is 31.9. The zero-order valence-corrected chi connectivity index (χ0v) is 12.3. The van der Waals surface area contributed by atoms with Crippen LogP contribution in [0.3, 0.4) is 0 Å². The van der Waals surface area contributed by atoms with Gasteiger partial charge in [0.1, 0.15) is 0 Å². The minimum Gasteiger partial charge on any atom is -0.385 e. The third-order valence-corrected chi connectivity index (χ3v) is 4.26. The average molecular weight is 286 g/mol. The highest BCUT2D eigenvalue weighted by Gasteiger charge is 2.16. The maximum absolute atomic E-state index is 12.2. The molecule has 6 heteroatoms. The van der Waals surface area contributed by atoms with Crippen molar-refractivity contribution in [1.82, 2.24) is 10.0 Å². The van der Waals surface area contributed by atoms with E-state index >= 15 is 0 Å². The largest absolute Gasteiger partial charge is 0.385 e. The summed E-state index contributed by atoms with van der Waals surface area (Å²) in [6.07, 6.45) is 1.61. The minimum atomic E-state index is -3.43. The van der Waals surface area contributed by atoms with E-state index in [2.05, 4.69) is 10.0 Å². The Morgan fingerprint density at radius 2 is 1.95 bits per heavy atom. The van der Waals surface area contributed by atoms with Crippen molar-refractivity contribution in [1.29, 1.82) is 0 Å². The van der Waals surface area contributed by atoms with Gasteiger partial charge in [-0.05, 0) is 31.5 Å². The Hall–Kier alpha value is -0.950. The molecule has 108 valence electrons. The molecule has 0 bridgehead atoms. The first-order valence-electron chi connectivity index (χ1n) is 6.33. The van der Waals surface area contributed by atoms with Crippen molar-refractivity contribution in [3.8, 4) is 0 Å². The van der Waals surface area contributed by atoms with Crippen LogP contribution in [0.4, 0.5) is 0 Å². The zero-order valence-electron chi connectivity index (χ0n) is 11.5. The van der Waals surface area contributed by atoms with Crippen LogP contribution in [0.2, 0.25) is 0 Å². The molecule has 2 N–H and O–H groups in total. The summed E-state index contributed by atoms with van der Waals surface area (Å²) in [5.41, 5.74) is 0.773. The summed E-state index contributed by atoms with van der Waals surface area (Å²) >= 11 is 0. The van der Waals surface area contributed by atoms with Crippen molar-refractivity contribution >= 4 is 10.0 Å². The molecule has 1 rings (SSSR count). The van der Waals surface area contributed by atoms with Gasteiger partial charge in [0.2, 0.25) is 10.0 Å².